The Bertz CT molecular complexity index is 628. The Morgan fingerprint density at radius 2 is 2.05 bits per heavy atom. The second kappa shape index (κ2) is 5.90. The highest BCUT2D eigenvalue weighted by molar-refractivity contribution is 5.99. The molecule has 1 aromatic carbocycles. The zero-order valence-corrected chi connectivity index (χ0v) is 12.7. The van der Waals surface area contributed by atoms with E-state index in [1.54, 1.807) is 7.11 Å². The number of methoxy groups -OCH3 is 1. The minimum Gasteiger partial charge on any atom is -0.496 e. The molecule has 0 aliphatic carbocycles. The molecule has 1 atom stereocenters. The molecular formula is C16H21N3O. The number of hydrogen-bond donors (Lipinski definition) is 0. The summed E-state index contributed by atoms with van der Waals surface area (Å²) < 4.78 is 7.26. The van der Waals surface area contributed by atoms with Gasteiger partial charge in [0.1, 0.15) is 5.75 Å². The molecule has 1 heterocycles. The molecule has 0 aliphatic heterocycles. The first-order valence-electron chi connectivity index (χ1n) is 6.71. The van der Waals surface area contributed by atoms with Gasteiger partial charge in [-0.15, -0.1) is 0 Å². The lowest BCUT2D eigenvalue weighted by atomic mass is 10.1. The van der Waals surface area contributed by atoms with E-state index in [0.717, 1.165) is 28.3 Å². The van der Waals surface area contributed by atoms with Crippen LogP contribution in [0.1, 0.15) is 36.7 Å². The average molecular weight is 271 g/mol. The van der Waals surface area contributed by atoms with Crippen LogP contribution in [0.2, 0.25) is 0 Å². The Morgan fingerprint density at radius 1 is 1.35 bits per heavy atom. The first kappa shape index (κ1) is 14.3. The van der Waals surface area contributed by atoms with E-state index < -0.39 is 0 Å². The number of benzene rings is 1. The highest BCUT2D eigenvalue weighted by Crippen LogP contribution is 2.27. The van der Waals surface area contributed by atoms with Crippen LogP contribution in [0.3, 0.4) is 0 Å². The Hall–Kier alpha value is -2.10. The molecule has 2 rings (SSSR count). The minimum absolute atomic E-state index is 0.0470. The zero-order chi connectivity index (χ0) is 14.7. The van der Waals surface area contributed by atoms with Crippen molar-refractivity contribution in [2.24, 2.45) is 12.0 Å². The molecule has 1 aromatic heterocycles. The van der Waals surface area contributed by atoms with Crippen molar-refractivity contribution in [1.82, 2.24) is 9.78 Å². The van der Waals surface area contributed by atoms with Crippen molar-refractivity contribution < 1.29 is 4.74 Å². The normalized spacial score (nSPS) is 13.3. The van der Waals surface area contributed by atoms with Crippen LogP contribution in [0, 0.1) is 6.92 Å². The molecule has 0 bridgehead atoms. The van der Waals surface area contributed by atoms with Gasteiger partial charge in [0.2, 0.25) is 0 Å². The number of ether oxygens (including phenoxy) is 1. The van der Waals surface area contributed by atoms with Crippen LogP contribution in [0.4, 0.5) is 0 Å². The first-order chi connectivity index (χ1) is 9.54. The largest absolute Gasteiger partial charge is 0.496 e. The van der Waals surface area contributed by atoms with Crippen molar-refractivity contribution in [1.29, 1.82) is 0 Å². The lowest BCUT2D eigenvalue weighted by molar-refractivity contribution is 0.407. The summed E-state index contributed by atoms with van der Waals surface area (Å²) in [6.45, 7) is 6.15. The standard InChI is InChI=1S/C16H21N3O/c1-11(14-8-6-7-9-16(14)20-5)18-12(2)15-10-17-19(4)13(15)3/h6-11H,1-5H3. The lowest BCUT2D eigenvalue weighted by Gasteiger charge is -2.13. The summed E-state index contributed by atoms with van der Waals surface area (Å²) >= 11 is 0. The number of aryl methyl sites for hydroxylation is 1. The van der Waals surface area contributed by atoms with Gasteiger partial charge < -0.3 is 4.74 Å². The molecule has 0 aliphatic rings. The molecule has 20 heavy (non-hydrogen) atoms. The van der Waals surface area contributed by atoms with Gasteiger partial charge in [0.15, 0.2) is 0 Å². The van der Waals surface area contributed by atoms with Crippen molar-refractivity contribution in [2.75, 3.05) is 7.11 Å². The van der Waals surface area contributed by atoms with Crippen molar-refractivity contribution in [3.63, 3.8) is 0 Å². The molecule has 0 saturated carbocycles. The van der Waals surface area contributed by atoms with Gasteiger partial charge in [0, 0.05) is 29.6 Å². The smallest absolute Gasteiger partial charge is 0.124 e. The van der Waals surface area contributed by atoms with Gasteiger partial charge in [-0.05, 0) is 26.8 Å². The molecule has 2 aromatic rings. The van der Waals surface area contributed by atoms with E-state index in [4.69, 9.17) is 9.73 Å². The zero-order valence-electron chi connectivity index (χ0n) is 12.7. The van der Waals surface area contributed by atoms with E-state index >= 15 is 0 Å². The molecule has 4 nitrogen and oxygen atoms in total. The van der Waals surface area contributed by atoms with Gasteiger partial charge in [0.05, 0.1) is 19.3 Å². The van der Waals surface area contributed by atoms with Crippen molar-refractivity contribution in [3.8, 4) is 5.75 Å². The van der Waals surface area contributed by atoms with Crippen molar-refractivity contribution >= 4 is 5.71 Å². The average Bonchev–Trinajstić information content (AvgIpc) is 2.79. The number of rotatable bonds is 4. The third kappa shape index (κ3) is 2.74. The van der Waals surface area contributed by atoms with E-state index in [-0.39, 0.29) is 6.04 Å². The van der Waals surface area contributed by atoms with Crippen LogP contribution >= 0.6 is 0 Å². The van der Waals surface area contributed by atoms with E-state index in [9.17, 15) is 0 Å². The summed E-state index contributed by atoms with van der Waals surface area (Å²) in [4.78, 5) is 4.78. The highest BCUT2D eigenvalue weighted by Gasteiger charge is 2.12. The predicted molar refractivity (Wildman–Crippen MR) is 81.6 cm³/mol. The van der Waals surface area contributed by atoms with Crippen LogP contribution < -0.4 is 4.74 Å². The summed E-state index contributed by atoms with van der Waals surface area (Å²) in [6.07, 6.45) is 1.86. The minimum atomic E-state index is 0.0470. The topological polar surface area (TPSA) is 39.4 Å². The van der Waals surface area contributed by atoms with Gasteiger partial charge in [-0.1, -0.05) is 18.2 Å². The van der Waals surface area contributed by atoms with Crippen molar-refractivity contribution in [3.05, 3.63) is 47.3 Å². The molecule has 106 valence electrons. The quantitative estimate of drug-likeness (QED) is 0.800. The predicted octanol–water partition coefficient (Wildman–Crippen LogP) is 3.31. The number of aromatic nitrogens is 2. The molecule has 0 saturated heterocycles. The summed E-state index contributed by atoms with van der Waals surface area (Å²) in [7, 11) is 3.63. The maximum absolute atomic E-state index is 5.40. The molecule has 4 heteroatoms. The lowest BCUT2D eigenvalue weighted by Crippen LogP contribution is -2.02. The summed E-state index contributed by atoms with van der Waals surface area (Å²) in [5, 5.41) is 4.26. The van der Waals surface area contributed by atoms with Crippen LogP contribution in [0.5, 0.6) is 5.75 Å². The SMILES string of the molecule is COc1ccccc1C(C)N=C(C)c1cnn(C)c1C. The number of aliphatic imine (C=N–C) groups is 1. The first-order valence-corrected chi connectivity index (χ1v) is 6.71. The molecule has 1 unspecified atom stereocenters. The fourth-order valence-corrected chi connectivity index (χ4v) is 2.30. The van der Waals surface area contributed by atoms with Crippen LogP contribution in [-0.2, 0) is 7.05 Å². The second-order valence-corrected chi connectivity index (χ2v) is 4.90. The third-order valence-electron chi connectivity index (χ3n) is 3.60. The fraction of sp³-hybridized carbons (Fsp3) is 0.375. The second-order valence-electron chi connectivity index (χ2n) is 4.90. The maximum atomic E-state index is 5.40. The Balaban J connectivity index is 2.32. The Morgan fingerprint density at radius 3 is 2.65 bits per heavy atom. The molecule has 0 N–H and O–H groups in total. The van der Waals surface area contributed by atoms with Gasteiger partial charge in [-0.2, -0.15) is 5.10 Å². The summed E-state index contributed by atoms with van der Waals surface area (Å²) in [5.41, 5.74) is 4.30. The summed E-state index contributed by atoms with van der Waals surface area (Å²) in [5.74, 6) is 0.874. The van der Waals surface area contributed by atoms with E-state index in [1.165, 1.54) is 0 Å². The molecule has 0 spiro atoms. The van der Waals surface area contributed by atoms with E-state index in [0.29, 0.717) is 0 Å². The fourth-order valence-electron chi connectivity index (χ4n) is 2.30. The van der Waals surface area contributed by atoms with Gasteiger partial charge in [-0.25, -0.2) is 0 Å². The molecule has 0 radical (unpaired) electrons. The Labute approximate surface area is 120 Å². The number of nitrogens with zero attached hydrogens (tertiary/aromatic N) is 3. The van der Waals surface area contributed by atoms with E-state index in [1.807, 2.05) is 43.0 Å². The number of para-hydroxylation sites is 1. The number of hydrogen-bond acceptors (Lipinski definition) is 3. The van der Waals surface area contributed by atoms with E-state index in [2.05, 4.69) is 25.0 Å². The van der Waals surface area contributed by atoms with Gasteiger partial charge in [0.25, 0.3) is 0 Å². The van der Waals surface area contributed by atoms with Crippen LogP contribution in [0.15, 0.2) is 35.5 Å². The van der Waals surface area contributed by atoms with Gasteiger partial charge in [-0.3, -0.25) is 9.67 Å². The third-order valence-corrected chi connectivity index (χ3v) is 3.60. The highest BCUT2D eigenvalue weighted by atomic mass is 16.5. The monoisotopic (exact) mass is 271 g/mol. The van der Waals surface area contributed by atoms with Gasteiger partial charge >= 0.3 is 0 Å². The van der Waals surface area contributed by atoms with Crippen LogP contribution in [-0.4, -0.2) is 22.6 Å². The molecule has 0 fully saturated rings. The van der Waals surface area contributed by atoms with Crippen LogP contribution in [0.25, 0.3) is 0 Å². The summed E-state index contributed by atoms with van der Waals surface area (Å²) in [6, 6.07) is 8.04. The Kier molecular flexibility index (Phi) is 4.23. The molecular weight excluding hydrogens is 250 g/mol. The maximum Gasteiger partial charge on any atom is 0.124 e. The van der Waals surface area contributed by atoms with Crippen molar-refractivity contribution in [2.45, 2.75) is 26.8 Å². The molecule has 0 amide bonds.